The van der Waals surface area contributed by atoms with E-state index in [1.54, 1.807) is 36.5 Å². The van der Waals surface area contributed by atoms with E-state index in [4.69, 9.17) is 5.73 Å². The Morgan fingerprint density at radius 1 is 1.18 bits per heavy atom. The van der Waals surface area contributed by atoms with E-state index in [0.717, 1.165) is 0 Å². The highest BCUT2D eigenvalue weighted by Crippen LogP contribution is 2.06. The molecule has 7 heteroatoms. The maximum atomic E-state index is 12.0. The Kier molecular flexibility index (Phi) is 7.04. The van der Waals surface area contributed by atoms with Crippen LogP contribution >= 0.6 is 0 Å². The highest BCUT2D eigenvalue weighted by atomic mass is 32.2. The lowest BCUT2D eigenvalue weighted by atomic mass is 10.3. The number of pyridine rings is 1. The molecule has 0 radical (unpaired) electrons. The Bertz CT molecular complexity index is 692. The number of rotatable bonds is 4. The van der Waals surface area contributed by atoms with Gasteiger partial charge in [-0.15, -0.1) is 0 Å². The quantitative estimate of drug-likeness (QED) is 0.665. The van der Waals surface area contributed by atoms with Crippen LogP contribution in [0.4, 0.5) is 0 Å². The molecule has 0 saturated heterocycles. The molecule has 1 aromatic heterocycles. The minimum Gasteiger partial charge on any atom is -0.369 e. The van der Waals surface area contributed by atoms with Crippen molar-refractivity contribution in [2.24, 2.45) is 10.7 Å². The lowest BCUT2D eigenvalue weighted by molar-refractivity contribution is 0.592. The molecule has 0 amide bonds. The summed E-state index contributed by atoms with van der Waals surface area (Å²) in [5.74, 6) is -0.167. The molecule has 22 heavy (non-hydrogen) atoms. The van der Waals surface area contributed by atoms with E-state index < -0.39 is 10.0 Å². The van der Waals surface area contributed by atoms with Crippen LogP contribution in [-0.2, 0) is 16.6 Å². The second kappa shape index (κ2) is 8.78. The van der Waals surface area contributed by atoms with Crippen LogP contribution in [0.3, 0.4) is 0 Å². The molecule has 0 spiro atoms. The maximum Gasteiger partial charge on any atom is 0.264 e. The number of hydrogen-bond donors (Lipinski definition) is 2. The molecular formula is C15H22N4O2S. The molecule has 0 aliphatic carbocycles. The lowest BCUT2D eigenvalue weighted by Crippen LogP contribution is -2.36. The first-order chi connectivity index (χ1) is 10.6. The summed E-state index contributed by atoms with van der Waals surface area (Å²) in [4.78, 5) is 8.15. The molecule has 1 heterocycles. The van der Waals surface area contributed by atoms with E-state index >= 15 is 0 Å². The molecular weight excluding hydrogens is 300 g/mol. The summed E-state index contributed by atoms with van der Waals surface area (Å²) >= 11 is 0. The first-order valence-electron chi connectivity index (χ1n) is 6.85. The minimum absolute atomic E-state index is 0. The third-order valence-electron chi connectivity index (χ3n) is 2.43. The monoisotopic (exact) mass is 322 g/mol. The molecule has 0 aliphatic rings. The average molecular weight is 322 g/mol. The largest absolute Gasteiger partial charge is 0.369 e. The zero-order valence-electron chi connectivity index (χ0n) is 12.6. The fourth-order valence-electron chi connectivity index (χ4n) is 1.49. The maximum absolute atomic E-state index is 12.0. The van der Waals surface area contributed by atoms with Gasteiger partial charge in [-0.25, -0.2) is 18.1 Å². The summed E-state index contributed by atoms with van der Waals surface area (Å²) in [6, 6.07) is 13.4. The van der Waals surface area contributed by atoms with Crippen molar-refractivity contribution in [2.75, 3.05) is 0 Å². The fraction of sp³-hybridized carbons (Fsp3) is 0.200. The Balaban J connectivity index is 0.00000155. The number of hydrogen-bond acceptors (Lipinski definition) is 4. The van der Waals surface area contributed by atoms with Gasteiger partial charge in [0.25, 0.3) is 10.0 Å². The SMILES string of the molecule is CC.NC(=NCc1ccccn1)NS(=O)(=O)c1ccccc1.[HH]. The summed E-state index contributed by atoms with van der Waals surface area (Å²) < 4.78 is 26.1. The Labute approximate surface area is 132 Å². The second-order valence-corrected chi connectivity index (χ2v) is 5.62. The van der Waals surface area contributed by atoms with Crippen molar-refractivity contribution in [2.45, 2.75) is 25.3 Å². The third-order valence-corrected chi connectivity index (χ3v) is 3.80. The van der Waals surface area contributed by atoms with E-state index in [9.17, 15) is 8.42 Å². The highest BCUT2D eigenvalue weighted by molar-refractivity contribution is 7.90. The van der Waals surface area contributed by atoms with E-state index in [-0.39, 0.29) is 18.8 Å². The number of sulfonamides is 1. The molecule has 1 aromatic carbocycles. The normalized spacial score (nSPS) is 11.3. The van der Waals surface area contributed by atoms with Crippen LogP contribution in [0.25, 0.3) is 0 Å². The second-order valence-electron chi connectivity index (χ2n) is 3.94. The van der Waals surface area contributed by atoms with Crippen molar-refractivity contribution in [1.82, 2.24) is 9.71 Å². The predicted octanol–water partition coefficient (Wildman–Crippen LogP) is 2.15. The Morgan fingerprint density at radius 2 is 1.82 bits per heavy atom. The standard InChI is InChI=1S/C13H14N4O2S.C2H6.H2/c14-13(16-10-11-6-4-5-9-15-11)17-20(18,19)12-7-2-1-3-8-12;1-2;/h1-9H,10H2,(H3,14,16,17);1-2H3;1H. The molecule has 3 N–H and O–H groups in total. The molecule has 120 valence electrons. The van der Waals surface area contributed by atoms with Crippen LogP contribution in [0.15, 0.2) is 64.6 Å². The van der Waals surface area contributed by atoms with E-state index in [1.165, 1.54) is 12.1 Å². The van der Waals surface area contributed by atoms with Crippen LogP contribution in [-0.4, -0.2) is 19.4 Å². The number of nitrogens with two attached hydrogens (primary N) is 1. The van der Waals surface area contributed by atoms with E-state index in [1.807, 2.05) is 19.9 Å². The minimum atomic E-state index is -3.69. The number of benzene rings is 1. The highest BCUT2D eigenvalue weighted by Gasteiger charge is 2.13. The van der Waals surface area contributed by atoms with Crippen LogP contribution in [0.1, 0.15) is 21.0 Å². The summed E-state index contributed by atoms with van der Waals surface area (Å²) in [5.41, 5.74) is 6.28. The van der Waals surface area contributed by atoms with Gasteiger partial charge >= 0.3 is 0 Å². The first kappa shape index (κ1) is 17.6. The van der Waals surface area contributed by atoms with Crippen molar-refractivity contribution in [1.29, 1.82) is 0 Å². The average Bonchev–Trinajstić information content (AvgIpc) is 2.56. The molecule has 2 rings (SSSR count). The van der Waals surface area contributed by atoms with Gasteiger partial charge in [0.15, 0.2) is 0 Å². The van der Waals surface area contributed by atoms with Gasteiger partial charge in [0.1, 0.15) is 0 Å². The first-order valence-corrected chi connectivity index (χ1v) is 8.34. The number of aliphatic imine (C=N–C) groups is 1. The molecule has 0 saturated carbocycles. The molecule has 0 unspecified atom stereocenters. The third kappa shape index (κ3) is 5.53. The zero-order chi connectivity index (χ0) is 16.4. The van der Waals surface area contributed by atoms with Gasteiger partial charge in [0.2, 0.25) is 5.96 Å². The van der Waals surface area contributed by atoms with Crippen LogP contribution in [0.5, 0.6) is 0 Å². The Morgan fingerprint density at radius 3 is 2.41 bits per heavy atom. The van der Waals surface area contributed by atoms with Gasteiger partial charge in [-0.1, -0.05) is 38.1 Å². The van der Waals surface area contributed by atoms with Gasteiger partial charge in [0.05, 0.1) is 17.1 Å². The van der Waals surface area contributed by atoms with Crippen LogP contribution in [0, 0.1) is 0 Å². The van der Waals surface area contributed by atoms with Gasteiger partial charge in [-0.3, -0.25) is 4.98 Å². The molecule has 2 aromatic rings. The summed E-state index contributed by atoms with van der Waals surface area (Å²) in [6.45, 7) is 4.21. The molecule has 0 bridgehead atoms. The fourth-order valence-corrected chi connectivity index (χ4v) is 2.46. The summed E-state index contributed by atoms with van der Waals surface area (Å²) in [6.07, 6.45) is 1.63. The van der Waals surface area contributed by atoms with E-state index in [2.05, 4.69) is 14.7 Å². The number of nitrogens with one attached hydrogen (secondary N) is 1. The predicted molar refractivity (Wildman–Crippen MR) is 89.8 cm³/mol. The van der Waals surface area contributed by atoms with Crippen molar-refractivity contribution in [3.8, 4) is 0 Å². The zero-order valence-corrected chi connectivity index (χ0v) is 13.4. The van der Waals surface area contributed by atoms with E-state index in [0.29, 0.717) is 5.69 Å². The van der Waals surface area contributed by atoms with Gasteiger partial charge in [-0.05, 0) is 24.3 Å². The van der Waals surface area contributed by atoms with Gasteiger partial charge in [-0.2, -0.15) is 0 Å². The van der Waals surface area contributed by atoms with Gasteiger partial charge < -0.3 is 5.73 Å². The summed E-state index contributed by atoms with van der Waals surface area (Å²) in [7, 11) is -3.69. The smallest absolute Gasteiger partial charge is 0.264 e. The molecule has 6 nitrogen and oxygen atoms in total. The number of guanidine groups is 1. The number of nitrogens with zero attached hydrogens (tertiary/aromatic N) is 2. The van der Waals surface area contributed by atoms with Crippen molar-refractivity contribution >= 4 is 16.0 Å². The van der Waals surface area contributed by atoms with Crippen LogP contribution < -0.4 is 10.5 Å². The van der Waals surface area contributed by atoms with Gasteiger partial charge in [0, 0.05) is 7.62 Å². The summed E-state index contributed by atoms with van der Waals surface area (Å²) in [5, 5.41) is 0. The van der Waals surface area contributed by atoms with Crippen molar-refractivity contribution < 1.29 is 9.84 Å². The molecule has 0 aliphatic heterocycles. The van der Waals surface area contributed by atoms with Crippen molar-refractivity contribution in [3.05, 3.63) is 60.4 Å². The molecule has 0 fully saturated rings. The lowest BCUT2D eigenvalue weighted by Gasteiger charge is -2.06. The van der Waals surface area contributed by atoms with Crippen LogP contribution in [0.2, 0.25) is 0 Å². The molecule has 0 atom stereocenters. The number of aromatic nitrogens is 1. The Hall–Kier alpha value is -2.41. The topological polar surface area (TPSA) is 97.4 Å². The van der Waals surface area contributed by atoms with Crippen molar-refractivity contribution in [3.63, 3.8) is 0 Å².